The molecule has 0 unspecified atom stereocenters. The average molecular weight is 368 g/mol. The van der Waals surface area contributed by atoms with E-state index in [4.69, 9.17) is 11.6 Å². The van der Waals surface area contributed by atoms with Gasteiger partial charge in [-0.3, -0.25) is 4.79 Å². The van der Waals surface area contributed by atoms with Gasteiger partial charge in [0.15, 0.2) is 6.17 Å². The summed E-state index contributed by atoms with van der Waals surface area (Å²) in [5, 5.41) is 9.22. The molecule has 7 heteroatoms. The van der Waals surface area contributed by atoms with E-state index in [-0.39, 0.29) is 12.1 Å². The first-order valence-corrected chi connectivity index (χ1v) is 8.66. The molecule has 0 N–H and O–H groups in total. The van der Waals surface area contributed by atoms with Crippen molar-refractivity contribution in [1.82, 2.24) is 19.9 Å². The first-order valence-electron chi connectivity index (χ1n) is 8.28. The normalized spacial score (nSPS) is 16.7. The third-order valence-electron chi connectivity index (χ3n) is 4.68. The van der Waals surface area contributed by atoms with Crippen LogP contribution in [0.2, 0.25) is 5.02 Å². The highest BCUT2D eigenvalue weighted by molar-refractivity contribution is 6.31. The van der Waals surface area contributed by atoms with Gasteiger partial charge in [-0.1, -0.05) is 47.1 Å². The van der Waals surface area contributed by atoms with Crippen LogP contribution < -0.4 is 4.90 Å². The van der Waals surface area contributed by atoms with E-state index in [1.807, 2.05) is 66.7 Å². The zero-order valence-corrected chi connectivity index (χ0v) is 15.3. The molecule has 1 aromatic heterocycles. The van der Waals surface area contributed by atoms with Crippen LogP contribution in [-0.4, -0.2) is 39.9 Å². The zero-order valence-electron chi connectivity index (χ0n) is 14.5. The minimum absolute atomic E-state index is 0.0237. The second-order valence-electron chi connectivity index (χ2n) is 6.35. The average Bonchev–Trinajstić information content (AvgIpc) is 3.10. The molecule has 132 valence electrons. The van der Waals surface area contributed by atoms with E-state index < -0.39 is 0 Å². The topological polar surface area (TPSA) is 54.3 Å². The Morgan fingerprint density at radius 3 is 2.58 bits per heavy atom. The number of rotatable bonds is 3. The number of benzene rings is 2. The molecule has 0 spiro atoms. The minimum Gasteiger partial charge on any atom is -0.348 e. The lowest BCUT2D eigenvalue weighted by atomic mass is 10.1. The smallest absolute Gasteiger partial charge is 0.257 e. The highest BCUT2D eigenvalue weighted by atomic mass is 35.5. The summed E-state index contributed by atoms with van der Waals surface area (Å²) in [6, 6.07) is 15.2. The van der Waals surface area contributed by atoms with E-state index in [1.165, 1.54) is 0 Å². The number of aromatic nitrogens is 3. The molecule has 0 aliphatic carbocycles. The van der Waals surface area contributed by atoms with Crippen molar-refractivity contribution in [2.45, 2.75) is 12.7 Å². The van der Waals surface area contributed by atoms with Gasteiger partial charge < -0.3 is 9.80 Å². The van der Waals surface area contributed by atoms with Gasteiger partial charge in [0.1, 0.15) is 5.69 Å². The summed E-state index contributed by atoms with van der Waals surface area (Å²) < 4.78 is 1.74. The van der Waals surface area contributed by atoms with E-state index in [9.17, 15) is 4.79 Å². The first kappa shape index (κ1) is 16.6. The molecule has 0 fully saturated rings. The Morgan fingerprint density at radius 2 is 1.77 bits per heavy atom. The van der Waals surface area contributed by atoms with Gasteiger partial charge in [-0.2, -0.15) is 0 Å². The maximum atomic E-state index is 12.7. The van der Waals surface area contributed by atoms with Gasteiger partial charge in [0.05, 0.1) is 24.0 Å². The van der Waals surface area contributed by atoms with E-state index in [0.29, 0.717) is 22.8 Å². The molecule has 0 bridgehead atoms. The SMILES string of the molecule is CN1C(=O)c2ccccc2N(C)[C@H]1c1cn(Cc2ccccc2Cl)nn1. The second-order valence-corrected chi connectivity index (χ2v) is 6.76. The number of halogens is 1. The molecule has 2 aromatic carbocycles. The largest absolute Gasteiger partial charge is 0.348 e. The van der Waals surface area contributed by atoms with Gasteiger partial charge in [0, 0.05) is 19.1 Å². The molecule has 2 heterocycles. The molecule has 1 aliphatic heterocycles. The Morgan fingerprint density at radius 1 is 1.04 bits per heavy atom. The summed E-state index contributed by atoms with van der Waals surface area (Å²) in [5.41, 5.74) is 3.26. The molecule has 1 aliphatic rings. The maximum absolute atomic E-state index is 12.7. The summed E-state index contributed by atoms with van der Waals surface area (Å²) in [7, 11) is 3.74. The van der Waals surface area contributed by atoms with Crippen LogP contribution in [0.25, 0.3) is 0 Å². The van der Waals surface area contributed by atoms with Crippen LogP contribution in [0, 0.1) is 0 Å². The summed E-state index contributed by atoms with van der Waals surface area (Å²) in [6.07, 6.45) is 1.56. The van der Waals surface area contributed by atoms with E-state index in [1.54, 1.807) is 16.6 Å². The Bertz CT molecular complexity index is 970. The lowest BCUT2D eigenvalue weighted by Crippen LogP contribution is -2.45. The van der Waals surface area contributed by atoms with Crippen LogP contribution >= 0.6 is 11.6 Å². The molecule has 0 saturated carbocycles. The van der Waals surface area contributed by atoms with Gasteiger partial charge in [-0.05, 0) is 23.8 Å². The Balaban J connectivity index is 1.65. The van der Waals surface area contributed by atoms with Crippen molar-refractivity contribution in [3.05, 3.63) is 76.6 Å². The number of para-hydroxylation sites is 1. The third kappa shape index (κ3) is 2.72. The monoisotopic (exact) mass is 367 g/mol. The number of carbonyl (C=O) groups is 1. The van der Waals surface area contributed by atoms with E-state index in [2.05, 4.69) is 10.3 Å². The van der Waals surface area contributed by atoms with Crippen molar-refractivity contribution >= 4 is 23.2 Å². The van der Waals surface area contributed by atoms with Crippen LogP contribution in [0.4, 0.5) is 5.69 Å². The van der Waals surface area contributed by atoms with Crippen molar-refractivity contribution in [1.29, 1.82) is 0 Å². The van der Waals surface area contributed by atoms with Crippen LogP contribution in [0.15, 0.2) is 54.7 Å². The van der Waals surface area contributed by atoms with Crippen LogP contribution in [0.3, 0.4) is 0 Å². The number of carbonyl (C=O) groups excluding carboxylic acids is 1. The van der Waals surface area contributed by atoms with Crippen LogP contribution in [0.5, 0.6) is 0 Å². The summed E-state index contributed by atoms with van der Waals surface area (Å²) in [4.78, 5) is 16.4. The number of hydrogen-bond donors (Lipinski definition) is 0. The van der Waals surface area contributed by atoms with Gasteiger partial charge in [0.25, 0.3) is 5.91 Å². The molecule has 6 nitrogen and oxygen atoms in total. The van der Waals surface area contributed by atoms with Crippen molar-refractivity contribution in [2.75, 3.05) is 19.0 Å². The fourth-order valence-corrected chi connectivity index (χ4v) is 3.56. The Labute approximate surface area is 156 Å². The quantitative estimate of drug-likeness (QED) is 0.713. The molecule has 0 saturated heterocycles. The van der Waals surface area contributed by atoms with Crippen molar-refractivity contribution in [2.24, 2.45) is 0 Å². The Kier molecular flexibility index (Phi) is 4.12. The lowest BCUT2D eigenvalue weighted by molar-refractivity contribution is 0.0707. The molecule has 1 amide bonds. The van der Waals surface area contributed by atoms with E-state index >= 15 is 0 Å². The summed E-state index contributed by atoms with van der Waals surface area (Å²) >= 11 is 6.23. The highest BCUT2D eigenvalue weighted by Gasteiger charge is 2.35. The molecule has 4 rings (SSSR count). The Hall–Kier alpha value is -2.86. The molecule has 3 aromatic rings. The predicted octanol–water partition coefficient (Wildman–Crippen LogP) is 3.20. The lowest BCUT2D eigenvalue weighted by Gasteiger charge is -2.40. The predicted molar refractivity (Wildman–Crippen MR) is 100 cm³/mol. The minimum atomic E-state index is -0.308. The number of hydrogen-bond acceptors (Lipinski definition) is 4. The van der Waals surface area contributed by atoms with Gasteiger partial charge >= 0.3 is 0 Å². The number of fused-ring (bicyclic) bond motifs is 1. The van der Waals surface area contributed by atoms with Gasteiger partial charge in [0.2, 0.25) is 0 Å². The highest BCUT2D eigenvalue weighted by Crippen LogP contribution is 2.35. The molecule has 0 radical (unpaired) electrons. The van der Waals surface area contributed by atoms with E-state index in [0.717, 1.165) is 11.3 Å². The van der Waals surface area contributed by atoms with Crippen molar-refractivity contribution in [3.8, 4) is 0 Å². The standard InChI is InChI=1S/C19H18ClN5O/c1-23-17-10-6-4-8-14(17)19(26)24(2)18(23)16-12-25(22-21-16)11-13-7-3-5-9-15(13)20/h3-10,12,18H,11H2,1-2H3/t18-/m1/s1. The summed E-state index contributed by atoms with van der Waals surface area (Å²) in [5.74, 6) is -0.0237. The van der Waals surface area contributed by atoms with Crippen LogP contribution in [0.1, 0.15) is 27.8 Å². The molecule has 1 atom stereocenters. The number of amides is 1. The van der Waals surface area contributed by atoms with Gasteiger partial charge in [-0.15, -0.1) is 5.10 Å². The molecular weight excluding hydrogens is 350 g/mol. The zero-order chi connectivity index (χ0) is 18.3. The molecule has 26 heavy (non-hydrogen) atoms. The fourth-order valence-electron chi connectivity index (χ4n) is 3.36. The maximum Gasteiger partial charge on any atom is 0.257 e. The second kappa shape index (κ2) is 6.46. The first-order chi connectivity index (χ1) is 12.6. The molecular formula is C19H18ClN5O. The van der Waals surface area contributed by atoms with Crippen molar-refractivity contribution in [3.63, 3.8) is 0 Å². The van der Waals surface area contributed by atoms with Gasteiger partial charge in [-0.25, -0.2) is 4.68 Å². The fraction of sp³-hybridized carbons (Fsp3) is 0.211. The van der Waals surface area contributed by atoms with Crippen molar-refractivity contribution < 1.29 is 4.79 Å². The van der Waals surface area contributed by atoms with Crippen LogP contribution in [-0.2, 0) is 6.54 Å². The third-order valence-corrected chi connectivity index (χ3v) is 5.05. The number of anilines is 1. The number of nitrogens with zero attached hydrogens (tertiary/aromatic N) is 5. The summed E-state index contributed by atoms with van der Waals surface area (Å²) in [6.45, 7) is 0.525.